The van der Waals surface area contributed by atoms with Crippen molar-refractivity contribution in [3.63, 3.8) is 0 Å². The van der Waals surface area contributed by atoms with Gasteiger partial charge in [-0.1, -0.05) is 0 Å². The van der Waals surface area contributed by atoms with Crippen molar-refractivity contribution in [2.24, 2.45) is 0 Å². The smallest absolute Gasteiger partial charge is 0.406 e. The van der Waals surface area contributed by atoms with E-state index in [-0.39, 0.29) is 12.4 Å². The highest BCUT2D eigenvalue weighted by Crippen LogP contribution is 2.23. The van der Waals surface area contributed by atoms with Gasteiger partial charge in [-0.05, 0) is 44.5 Å². The molecule has 5 nitrogen and oxygen atoms in total. The number of halogens is 3. The molecular formula is C13H17F3N2O3. The maximum atomic E-state index is 12.0. The number of rotatable bonds is 5. The maximum absolute atomic E-state index is 12.0. The van der Waals surface area contributed by atoms with Gasteiger partial charge in [-0.3, -0.25) is 0 Å². The van der Waals surface area contributed by atoms with E-state index in [4.69, 9.17) is 5.11 Å². The van der Waals surface area contributed by atoms with Gasteiger partial charge in [0.1, 0.15) is 5.75 Å². The van der Waals surface area contributed by atoms with Crippen molar-refractivity contribution in [2.45, 2.75) is 32.2 Å². The average molecular weight is 306 g/mol. The molecule has 0 fully saturated rings. The van der Waals surface area contributed by atoms with Crippen molar-refractivity contribution in [1.29, 1.82) is 0 Å². The summed E-state index contributed by atoms with van der Waals surface area (Å²) in [5.41, 5.74) is -0.278. The normalized spacial score (nSPS) is 11.9. The molecule has 0 aliphatic carbocycles. The Morgan fingerprint density at radius 1 is 1.24 bits per heavy atom. The Kier molecular flexibility index (Phi) is 5.42. The van der Waals surface area contributed by atoms with Crippen LogP contribution in [0.25, 0.3) is 0 Å². The van der Waals surface area contributed by atoms with Crippen LogP contribution in [-0.2, 0) is 0 Å². The van der Waals surface area contributed by atoms with Crippen molar-refractivity contribution in [2.75, 3.05) is 11.9 Å². The molecule has 0 atom stereocenters. The highest BCUT2D eigenvalue weighted by atomic mass is 19.4. The Morgan fingerprint density at radius 2 is 1.81 bits per heavy atom. The number of nitrogens with one attached hydrogen (secondary N) is 2. The Hall–Kier alpha value is -1.96. The summed E-state index contributed by atoms with van der Waals surface area (Å²) in [6.45, 7) is 3.41. The monoisotopic (exact) mass is 306 g/mol. The van der Waals surface area contributed by atoms with Gasteiger partial charge in [0.25, 0.3) is 0 Å². The van der Waals surface area contributed by atoms with Crippen molar-refractivity contribution in [3.05, 3.63) is 24.3 Å². The highest BCUT2D eigenvalue weighted by Gasteiger charge is 2.31. The summed E-state index contributed by atoms with van der Waals surface area (Å²) in [4.78, 5) is 11.7. The molecule has 3 N–H and O–H groups in total. The zero-order valence-electron chi connectivity index (χ0n) is 11.6. The van der Waals surface area contributed by atoms with Crippen LogP contribution in [0.4, 0.5) is 23.7 Å². The number of hydrogen-bond acceptors (Lipinski definition) is 3. The molecule has 1 aromatic rings. The SMILES string of the molecule is CC(C)(CCO)NC(=O)Nc1ccc(OC(F)(F)F)cc1. The first kappa shape index (κ1) is 17.1. The number of carbonyl (C=O) groups is 1. The van der Waals surface area contributed by atoms with Crippen molar-refractivity contribution in [1.82, 2.24) is 5.32 Å². The lowest BCUT2D eigenvalue weighted by Crippen LogP contribution is -2.46. The standard InChI is InChI=1S/C13H17F3N2O3/c1-12(2,7-8-19)18-11(20)17-9-3-5-10(6-4-9)21-13(14,15)16/h3-6,19H,7-8H2,1-2H3,(H2,17,18,20). The van der Waals surface area contributed by atoms with E-state index in [0.29, 0.717) is 12.1 Å². The first-order chi connectivity index (χ1) is 9.61. The topological polar surface area (TPSA) is 70.6 Å². The van der Waals surface area contributed by atoms with Crippen LogP contribution in [-0.4, -0.2) is 29.6 Å². The van der Waals surface area contributed by atoms with Crippen LogP contribution < -0.4 is 15.4 Å². The predicted molar refractivity (Wildman–Crippen MR) is 71.1 cm³/mol. The zero-order valence-corrected chi connectivity index (χ0v) is 11.6. The number of benzene rings is 1. The number of hydrogen-bond donors (Lipinski definition) is 3. The van der Waals surface area contributed by atoms with Crippen molar-refractivity contribution < 1.29 is 27.8 Å². The van der Waals surface area contributed by atoms with Gasteiger partial charge >= 0.3 is 12.4 Å². The van der Waals surface area contributed by atoms with Crippen LogP contribution in [0.2, 0.25) is 0 Å². The minimum atomic E-state index is -4.75. The van der Waals surface area contributed by atoms with Crippen LogP contribution in [0.5, 0.6) is 5.75 Å². The summed E-state index contributed by atoms with van der Waals surface area (Å²) in [6.07, 6.45) is -4.38. The molecule has 1 rings (SSSR count). The average Bonchev–Trinajstić information content (AvgIpc) is 2.28. The lowest BCUT2D eigenvalue weighted by molar-refractivity contribution is -0.274. The third kappa shape index (κ3) is 6.84. The fraction of sp³-hybridized carbons (Fsp3) is 0.462. The molecular weight excluding hydrogens is 289 g/mol. The van der Waals surface area contributed by atoms with E-state index < -0.39 is 17.9 Å². The summed E-state index contributed by atoms with van der Waals surface area (Å²) in [6, 6.07) is 4.27. The third-order valence-electron chi connectivity index (χ3n) is 2.53. The third-order valence-corrected chi connectivity index (χ3v) is 2.53. The fourth-order valence-corrected chi connectivity index (χ4v) is 1.55. The number of aliphatic hydroxyl groups excluding tert-OH is 1. The summed E-state index contributed by atoms with van der Waals surface area (Å²) >= 11 is 0. The quantitative estimate of drug-likeness (QED) is 0.783. The van der Waals surface area contributed by atoms with E-state index in [1.54, 1.807) is 13.8 Å². The number of carbonyl (C=O) groups excluding carboxylic acids is 1. The summed E-state index contributed by atoms with van der Waals surface area (Å²) in [5, 5.41) is 14.0. The molecule has 0 aromatic heterocycles. The van der Waals surface area contributed by atoms with Gasteiger partial charge in [0, 0.05) is 17.8 Å². The van der Waals surface area contributed by atoms with Crippen LogP contribution in [0.15, 0.2) is 24.3 Å². The molecule has 118 valence electrons. The van der Waals surface area contributed by atoms with Gasteiger partial charge in [0.15, 0.2) is 0 Å². The zero-order chi connectivity index (χ0) is 16.1. The lowest BCUT2D eigenvalue weighted by Gasteiger charge is -2.25. The Morgan fingerprint density at radius 3 is 2.29 bits per heavy atom. The maximum Gasteiger partial charge on any atom is 0.573 e. The summed E-state index contributed by atoms with van der Waals surface area (Å²) in [7, 11) is 0. The number of alkyl halides is 3. The van der Waals surface area contributed by atoms with Crippen molar-refractivity contribution >= 4 is 11.7 Å². The van der Waals surface area contributed by atoms with E-state index in [0.717, 1.165) is 12.1 Å². The van der Waals surface area contributed by atoms with Gasteiger partial charge in [-0.25, -0.2) is 4.79 Å². The fourth-order valence-electron chi connectivity index (χ4n) is 1.55. The van der Waals surface area contributed by atoms with E-state index in [1.807, 2.05) is 0 Å². The van der Waals surface area contributed by atoms with Crippen LogP contribution in [0, 0.1) is 0 Å². The molecule has 0 unspecified atom stereocenters. The molecule has 0 aliphatic heterocycles. The molecule has 8 heteroatoms. The van der Waals surface area contributed by atoms with Gasteiger partial charge < -0.3 is 20.5 Å². The number of aliphatic hydroxyl groups is 1. The highest BCUT2D eigenvalue weighted by molar-refractivity contribution is 5.89. The molecule has 2 amide bonds. The van der Waals surface area contributed by atoms with Gasteiger partial charge in [0.05, 0.1) is 0 Å². The van der Waals surface area contributed by atoms with Crippen LogP contribution in [0.3, 0.4) is 0 Å². The minimum absolute atomic E-state index is 0.0727. The molecule has 0 saturated carbocycles. The van der Waals surface area contributed by atoms with Gasteiger partial charge in [-0.15, -0.1) is 13.2 Å². The number of ether oxygens (including phenoxy) is 1. The second-order valence-electron chi connectivity index (χ2n) is 5.01. The van der Waals surface area contributed by atoms with Crippen molar-refractivity contribution in [3.8, 4) is 5.75 Å². The van der Waals surface area contributed by atoms with Gasteiger partial charge in [0.2, 0.25) is 0 Å². The largest absolute Gasteiger partial charge is 0.573 e. The Balaban J connectivity index is 2.58. The van der Waals surface area contributed by atoms with E-state index in [9.17, 15) is 18.0 Å². The molecule has 0 aliphatic rings. The Labute approximate surface area is 120 Å². The van der Waals surface area contributed by atoms with E-state index in [1.165, 1.54) is 12.1 Å². The van der Waals surface area contributed by atoms with Gasteiger partial charge in [-0.2, -0.15) is 0 Å². The molecule has 0 bridgehead atoms. The first-order valence-electron chi connectivity index (χ1n) is 6.17. The Bertz CT molecular complexity index is 473. The predicted octanol–water partition coefficient (Wildman–Crippen LogP) is 2.87. The summed E-state index contributed by atoms with van der Waals surface area (Å²) < 4.78 is 39.7. The molecule has 0 radical (unpaired) electrons. The van der Waals surface area contributed by atoms with E-state index >= 15 is 0 Å². The lowest BCUT2D eigenvalue weighted by atomic mass is 10.0. The molecule has 1 aromatic carbocycles. The molecule has 21 heavy (non-hydrogen) atoms. The number of anilines is 1. The summed E-state index contributed by atoms with van der Waals surface area (Å²) in [5.74, 6) is -0.367. The number of urea groups is 1. The minimum Gasteiger partial charge on any atom is -0.406 e. The second kappa shape index (κ2) is 6.66. The molecule has 0 saturated heterocycles. The number of amides is 2. The van der Waals surface area contributed by atoms with E-state index in [2.05, 4.69) is 15.4 Å². The van der Waals surface area contributed by atoms with Crippen LogP contribution in [0.1, 0.15) is 20.3 Å². The molecule has 0 spiro atoms. The molecule has 0 heterocycles. The first-order valence-corrected chi connectivity index (χ1v) is 6.17. The van der Waals surface area contributed by atoms with Crippen LogP contribution >= 0.6 is 0 Å². The second-order valence-corrected chi connectivity index (χ2v) is 5.01.